The first kappa shape index (κ1) is 44.1. The van der Waals surface area contributed by atoms with Crippen LogP contribution < -0.4 is 9.80 Å². The van der Waals surface area contributed by atoms with E-state index >= 15 is 0 Å². The van der Waals surface area contributed by atoms with Crippen molar-refractivity contribution >= 4 is 89.2 Å². The van der Waals surface area contributed by atoms with Crippen LogP contribution in [-0.4, -0.2) is 11.1 Å². The molecule has 2 heterocycles. The molecule has 0 saturated carbocycles. The van der Waals surface area contributed by atoms with Crippen LogP contribution in [0.25, 0.3) is 94.1 Å². The molecule has 1 unspecified atom stereocenters. The highest BCUT2D eigenvalue weighted by Crippen LogP contribution is 2.48. The van der Waals surface area contributed by atoms with Crippen molar-refractivity contribution in [1.82, 2.24) is 0 Å². The average molecular weight is 967 g/mol. The molecule has 14 rings (SSSR count). The minimum atomic E-state index is -0.0590. The van der Waals surface area contributed by atoms with Gasteiger partial charge in [-0.25, -0.2) is 0 Å². The van der Waals surface area contributed by atoms with Crippen molar-refractivity contribution in [2.24, 2.45) is 0 Å². The molecule has 75 heavy (non-hydrogen) atoms. The van der Waals surface area contributed by atoms with Gasteiger partial charge in [-0.05, 0) is 125 Å². The first-order chi connectivity index (χ1) is 37.0. The van der Waals surface area contributed by atoms with Gasteiger partial charge in [0.1, 0.15) is 16.9 Å². The second-order valence-electron chi connectivity index (χ2n) is 19.8. The minimum Gasteiger partial charge on any atom is -0.507 e. The lowest BCUT2D eigenvalue weighted by Crippen LogP contribution is -2.33. The van der Waals surface area contributed by atoms with E-state index in [2.05, 4.69) is 260 Å². The van der Waals surface area contributed by atoms with Crippen LogP contribution in [-0.2, 0) is 6.42 Å². The molecule has 1 N–H and O–H groups in total. The molecule has 5 nitrogen and oxygen atoms in total. The number of anilines is 5. The van der Waals surface area contributed by atoms with Gasteiger partial charge in [0.2, 0.25) is 0 Å². The van der Waals surface area contributed by atoms with Gasteiger partial charge in [0, 0.05) is 55.3 Å². The van der Waals surface area contributed by atoms with Crippen molar-refractivity contribution in [3.05, 3.63) is 259 Å². The van der Waals surface area contributed by atoms with E-state index in [4.69, 9.17) is 8.83 Å². The number of hydrogen-bond acceptors (Lipinski definition) is 5. The molecule has 0 radical (unpaired) electrons. The molecule has 0 amide bonds. The van der Waals surface area contributed by atoms with Crippen LogP contribution in [0.4, 0.5) is 28.4 Å². The van der Waals surface area contributed by atoms with E-state index in [1.807, 2.05) is 6.07 Å². The fourth-order valence-electron chi connectivity index (χ4n) is 11.9. The number of para-hydroxylation sites is 6. The lowest BCUT2D eigenvalue weighted by Gasteiger charge is -2.34. The van der Waals surface area contributed by atoms with Crippen LogP contribution in [0.1, 0.15) is 22.3 Å². The van der Waals surface area contributed by atoms with Crippen LogP contribution >= 0.6 is 0 Å². The molecule has 2 aromatic heterocycles. The largest absolute Gasteiger partial charge is 0.507 e. The first-order valence-electron chi connectivity index (χ1n) is 25.7. The van der Waals surface area contributed by atoms with Gasteiger partial charge in [0.25, 0.3) is 0 Å². The van der Waals surface area contributed by atoms with Gasteiger partial charge < -0.3 is 23.7 Å². The zero-order valence-electron chi connectivity index (χ0n) is 41.5. The van der Waals surface area contributed by atoms with Crippen LogP contribution in [0.5, 0.6) is 5.75 Å². The number of phenols is 1. The zero-order valence-corrected chi connectivity index (χ0v) is 41.5. The molecule has 0 bridgehead atoms. The van der Waals surface area contributed by atoms with Gasteiger partial charge in [-0.1, -0.05) is 188 Å². The van der Waals surface area contributed by atoms with E-state index in [9.17, 15) is 5.11 Å². The third kappa shape index (κ3) is 7.30. The summed E-state index contributed by atoms with van der Waals surface area (Å²) in [6, 6.07) is 80.9. The Labute approximate surface area is 435 Å². The fraction of sp³-hybridized carbons (Fsp3) is 0.0571. The number of fused-ring (bicyclic) bond motifs is 8. The number of aromatic hydroxyl groups is 1. The molecule has 358 valence electrons. The average Bonchev–Trinajstić information content (AvgIpc) is 4.08. The minimum absolute atomic E-state index is 0.0590. The molecular weight excluding hydrogens is 917 g/mol. The van der Waals surface area contributed by atoms with E-state index in [0.29, 0.717) is 6.42 Å². The maximum Gasteiger partial charge on any atom is 0.159 e. The molecule has 0 fully saturated rings. The molecular formula is C70H50N2O3. The van der Waals surface area contributed by atoms with Crippen molar-refractivity contribution in [2.45, 2.75) is 26.3 Å². The Hall–Kier alpha value is -9.58. The summed E-state index contributed by atoms with van der Waals surface area (Å²) in [4.78, 5) is 4.71. The van der Waals surface area contributed by atoms with Crippen molar-refractivity contribution in [1.29, 1.82) is 0 Å². The number of benzene rings is 11. The van der Waals surface area contributed by atoms with Crippen LogP contribution in [0.2, 0.25) is 0 Å². The van der Waals surface area contributed by atoms with Crippen LogP contribution in [0, 0.1) is 13.8 Å². The summed E-state index contributed by atoms with van der Waals surface area (Å²) in [5.74, 6) is 0.248. The monoisotopic (exact) mass is 966 g/mol. The smallest absolute Gasteiger partial charge is 0.159 e. The maximum atomic E-state index is 12.0. The normalized spacial score (nSPS) is 13.3. The lowest BCUT2D eigenvalue weighted by atomic mass is 9.85. The van der Waals surface area contributed by atoms with Gasteiger partial charge in [-0.15, -0.1) is 0 Å². The van der Waals surface area contributed by atoms with Crippen molar-refractivity contribution < 1.29 is 13.9 Å². The summed E-state index contributed by atoms with van der Waals surface area (Å²) in [6.45, 7) is 4.31. The number of phenolic OH excluding ortho intramolecular Hbond substituents is 1. The molecule has 1 atom stereocenters. The topological polar surface area (TPSA) is 53.0 Å². The quantitative estimate of drug-likeness (QED) is 0.156. The Morgan fingerprint density at radius 1 is 0.413 bits per heavy atom. The predicted molar refractivity (Wildman–Crippen MR) is 312 cm³/mol. The Balaban J connectivity index is 0.863. The molecule has 5 heteroatoms. The highest BCUT2D eigenvalue weighted by molar-refractivity contribution is 6.15. The standard InChI is InChI=1S/C70H50N2O3/c1-44-18-9-11-25-52(44)57-28-14-30-59-61-32-16-34-63(69(61)74-67(57)59)71(48-21-5-3-6-22-48)50-37-39-54-46(42-50)20-13-27-56(54)66-55-40-38-51(43-47(55)36-41-65(66)73)72(49-23-7-4-8-24-49)64-35-17-33-62-60-31-15-29-58(68(60)75-70(62)64)53-26-12-10-19-45(53)2/h3-42,51,73H,43H2,1-2H3. The highest BCUT2D eigenvalue weighted by Gasteiger charge is 2.29. The zero-order chi connectivity index (χ0) is 50.1. The van der Waals surface area contributed by atoms with Crippen molar-refractivity contribution in [2.75, 3.05) is 9.80 Å². The second kappa shape index (κ2) is 17.9. The lowest BCUT2D eigenvalue weighted by molar-refractivity contribution is 0.477. The molecule has 13 aromatic rings. The SMILES string of the molecule is Cc1ccccc1-c1cccc2c1oc1c(N(c3ccccc3)c3ccc4c(-c5c(O)ccc6c5C=CC(N(c5ccccc5)c5cccc7c5oc5c(-c8ccccc8C)cccc57)C6)cccc4c3)cccc12. The van der Waals surface area contributed by atoms with Crippen LogP contribution in [0.3, 0.4) is 0 Å². The van der Waals surface area contributed by atoms with E-state index in [0.717, 1.165) is 122 Å². The molecule has 0 aliphatic heterocycles. The van der Waals surface area contributed by atoms with E-state index in [-0.39, 0.29) is 11.8 Å². The maximum absolute atomic E-state index is 12.0. The number of rotatable bonds is 9. The van der Waals surface area contributed by atoms with Gasteiger partial charge >= 0.3 is 0 Å². The van der Waals surface area contributed by atoms with E-state index in [1.165, 1.54) is 16.7 Å². The van der Waals surface area contributed by atoms with E-state index in [1.54, 1.807) is 0 Å². The van der Waals surface area contributed by atoms with Gasteiger partial charge in [0.05, 0.1) is 17.4 Å². The Morgan fingerprint density at radius 3 is 1.57 bits per heavy atom. The highest BCUT2D eigenvalue weighted by atomic mass is 16.3. The molecule has 0 spiro atoms. The number of aryl methyl sites for hydroxylation is 2. The van der Waals surface area contributed by atoms with Gasteiger partial charge in [-0.2, -0.15) is 0 Å². The van der Waals surface area contributed by atoms with Crippen molar-refractivity contribution in [3.63, 3.8) is 0 Å². The van der Waals surface area contributed by atoms with E-state index < -0.39 is 0 Å². The molecule has 1 aliphatic rings. The predicted octanol–water partition coefficient (Wildman–Crippen LogP) is 19.2. The number of hydrogen-bond donors (Lipinski definition) is 1. The third-order valence-electron chi connectivity index (χ3n) is 15.4. The number of furan rings is 2. The number of nitrogens with zero attached hydrogens (tertiary/aromatic N) is 2. The van der Waals surface area contributed by atoms with Gasteiger partial charge in [-0.3, -0.25) is 0 Å². The molecule has 1 aliphatic carbocycles. The summed E-state index contributed by atoms with van der Waals surface area (Å²) < 4.78 is 14.1. The Bertz CT molecular complexity index is 4390. The summed E-state index contributed by atoms with van der Waals surface area (Å²) >= 11 is 0. The summed E-state index contributed by atoms with van der Waals surface area (Å²) in [7, 11) is 0. The molecule has 0 saturated heterocycles. The summed E-state index contributed by atoms with van der Waals surface area (Å²) in [6.07, 6.45) is 5.22. The third-order valence-corrected chi connectivity index (χ3v) is 15.4. The Kier molecular flexibility index (Phi) is 10.5. The summed E-state index contributed by atoms with van der Waals surface area (Å²) in [5, 5.41) is 18.4. The second-order valence-corrected chi connectivity index (χ2v) is 19.8. The summed E-state index contributed by atoms with van der Waals surface area (Å²) in [5.41, 5.74) is 19.3. The van der Waals surface area contributed by atoms with Gasteiger partial charge in [0.15, 0.2) is 11.2 Å². The van der Waals surface area contributed by atoms with Crippen LogP contribution in [0.15, 0.2) is 245 Å². The first-order valence-corrected chi connectivity index (χ1v) is 25.7. The van der Waals surface area contributed by atoms with Crippen molar-refractivity contribution in [3.8, 4) is 39.1 Å². The Morgan fingerprint density at radius 2 is 0.933 bits per heavy atom. The fourth-order valence-corrected chi connectivity index (χ4v) is 11.9. The molecule has 11 aromatic carbocycles.